The van der Waals surface area contributed by atoms with Gasteiger partial charge in [-0.25, -0.2) is 4.79 Å². The summed E-state index contributed by atoms with van der Waals surface area (Å²) in [6.45, 7) is 9.50. The molecule has 1 aliphatic heterocycles. The normalized spacial score (nSPS) is 17.7. The number of nitrogens with zero attached hydrogens (tertiary/aromatic N) is 2. The van der Waals surface area contributed by atoms with Gasteiger partial charge < -0.3 is 10.1 Å². The molecule has 0 saturated heterocycles. The number of hydrogen-bond acceptors (Lipinski definition) is 7. The summed E-state index contributed by atoms with van der Waals surface area (Å²) in [5.74, 6) is -1.36. The molecule has 0 saturated carbocycles. The number of fused-ring (bicyclic) bond motifs is 1. The highest BCUT2D eigenvalue weighted by Crippen LogP contribution is 2.43. The molecule has 1 unspecified atom stereocenters. The lowest BCUT2D eigenvalue weighted by Crippen LogP contribution is -2.32. The van der Waals surface area contributed by atoms with Crippen molar-refractivity contribution in [3.8, 4) is 0 Å². The van der Waals surface area contributed by atoms with Crippen LogP contribution in [0.2, 0.25) is 0 Å². The van der Waals surface area contributed by atoms with Crippen molar-refractivity contribution >= 4 is 27.4 Å². The molecular formula is C20H23N3O4S. The molecule has 28 heavy (non-hydrogen) atoms. The molecule has 7 nitrogen and oxygen atoms in total. The minimum atomic E-state index is -0.818. The van der Waals surface area contributed by atoms with Gasteiger partial charge in [-0.15, -0.1) is 11.3 Å². The molecule has 148 valence electrons. The van der Waals surface area contributed by atoms with Crippen LogP contribution in [0.15, 0.2) is 46.5 Å². The summed E-state index contributed by atoms with van der Waals surface area (Å²) in [6.07, 6.45) is 3.36. The molecule has 0 spiro atoms. The summed E-state index contributed by atoms with van der Waals surface area (Å²) in [7, 11) is 0. The number of aromatic nitrogens is 1. The molecule has 0 bridgehead atoms. The second-order valence-electron chi connectivity index (χ2n) is 8.06. The zero-order valence-electron chi connectivity index (χ0n) is 16.5. The van der Waals surface area contributed by atoms with Crippen molar-refractivity contribution in [3.63, 3.8) is 0 Å². The van der Waals surface area contributed by atoms with Crippen LogP contribution in [0, 0.1) is 15.5 Å². The lowest BCUT2D eigenvalue weighted by atomic mass is 9.84. The third-order valence-corrected chi connectivity index (χ3v) is 5.48. The highest BCUT2D eigenvalue weighted by atomic mass is 32.1. The Hall–Kier alpha value is -2.74. The van der Waals surface area contributed by atoms with Gasteiger partial charge in [-0.3, -0.25) is 15.1 Å². The van der Waals surface area contributed by atoms with E-state index >= 15 is 0 Å². The van der Waals surface area contributed by atoms with Crippen LogP contribution in [0.5, 0.6) is 0 Å². The fraction of sp³-hybridized carbons (Fsp3) is 0.400. The summed E-state index contributed by atoms with van der Waals surface area (Å²) in [5, 5.41) is 17.6. The van der Waals surface area contributed by atoms with Crippen molar-refractivity contribution < 1.29 is 14.5 Å². The Morgan fingerprint density at radius 1 is 1.36 bits per heavy atom. The fourth-order valence-corrected chi connectivity index (χ4v) is 4.23. The molecule has 0 aromatic carbocycles. The molecular weight excluding hydrogens is 378 g/mol. The van der Waals surface area contributed by atoms with Gasteiger partial charge in [0.1, 0.15) is 5.92 Å². The third-order valence-electron chi connectivity index (χ3n) is 4.49. The van der Waals surface area contributed by atoms with Crippen molar-refractivity contribution in [3.05, 3.63) is 62.2 Å². The largest absolute Gasteiger partial charge is 0.462 e. The molecule has 1 aliphatic rings. The number of rotatable bonds is 4. The van der Waals surface area contributed by atoms with E-state index in [0.717, 1.165) is 10.1 Å². The number of dihydropyridines is 1. The Kier molecular flexibility index (Phi) is 5.25. The molecule has 0 amide bonds. The topological polar surface area (TPSA) is 94.4 Å². The molecule has 1 N–H and O–H groups in total. The maximum atomic E-state index is 13.0. The fourth-order valence-electron chi connectivity index (χ4n) is 3.27. The smallest absolute Gasteiger partial charge is 0.337 e. The summed E-state index contributed by atoms with van der Waals surface area (Å²) in [6, 6.07) is 1.86. The van der Waals surface area contributed by atoms with Crippen LogP contribution in [-0.4, -0.2) is 22.5 Å². The van der Waals surface area contributed by atoms with Crippen LogP contribution >= 0.6 is 11.3 Å². The molecule has 1 atom stereocenters. The van der Waals surface area contributed by atoms with E-state index < -0.39 is 16.8 Å². The lowest BCUT2D eigenvalue weighted by Gasteiger charge is -2.27. The van der Waals surface area contributed by atoms with E-state index in [0.29, 0.717) is 17.0 Å². The number of pyridine rings is 1. The average Bonchev–Trinajstić information content (AvgIpc) is 3.01. The molecule has 0 aliphatic carbocycles. The lowest BCUT2D eigenvalue weighted by molar-refractivity contribution is -0.431. The standard InChI is InChI=1S/C20H23N3O4S/c1-11-16(19(24)27-10-20(3,4)5)17(18(23(25)26)12(2)22-11)14-9-28-15-6-7-21-8-13(14)15/h6-9,17,22H,10H2,1-5H3. The molecule has 3 heterocycles. The minimum absolute atomic E-state index is 0.0446. The maximum absolute atomic E-state index is 13.0. The highest BCUT2D eigenvalue weighted by Gasteiger charge is 2.42. The Morgan fingerprint density at radius 2 is 2.07 bits per heavy atom. The maximum Gasteiger partial charge on any atom is 0.337 e. The van der Waals surface area contributed by atoms with E-state index in [4.69, 9.17) is 4.74 Å². The van der Waals surface area contributed by atoms with Crippen LogP contribution in [0.25, 0.3) is 10.1 Å². The first-order valence-corrected chi connectivity index (χ1v) is 9.79. The van der Waals surface area contributed by atoms with E-state index in [2.05, 4.69) is 10.3 Å². The first-order chi connectivity index (χ1) is 13.1. The van der Waals surface area contributed by atoms with Gasteiger partial charge in [0.15, 0.2) is 0 Å². The second-order valence-corrected chi connectivity index (χ2v) is 8.97. The van der Waals surface area contributed by atoms with Gasteiger partial charge in [0.25, 0.3) is 5.70 Å². The van der Waals surface area contributed by atoms with Gasteiger partial charge in [-0.05, 0) is 36.3 Å². The predicted octanol–water partition coefficient (Wildman–Crippen LogP) is 4.35. The molecule has 2 aromatic rings. The van der Waals surface area contributed by atoms with Crippen molar-refractivity contribution in [2.24, 2.45) is 5.41 Å². The van der Waals surface area contributed by atoms with Crippen LogP contribution in [0.4, 0.5) is 0 Å². The third kappa shape index (κ3) is 3.77. The first kappa shape index (κ1) is 20.0. The average molecular weight is 401 g/mol. The van der Waals surface area contributed by atoms with Crippen LogP contribution < -0.4 is 5.32 Å². The summed E-state index contributed by atoms with van der Waals surface area (Å²) >= 11 is 1.47. The Balaban J connectivity index is 2.14. The van der Waals surface area contributed by atoms with Gasteiger partial charge in [-0.1, -0.05) is 20.8 Å². The summed E-state index contributed by atoms with van der Waals surface area (Å²) < 4.78 is 6.49. The predicted molar refractivity (Wildman–Crippen MR) is 108 cm³/mol. The van der Waals surface area contributed by atoms with E-state index in [-0.39, 0.29) is 23.3 Å². The molecule has 0 fully saturated rings. The van der Waals surface area contributed by atoms with Crippen molar-refractivity contribution in [1.82, 2.24) is 10.3 Å². The molecule has 3 rings (SSSR count). The molecule has 2 aromatic heterocycles. The number of esters is 1. The van der Waals surface area contributed by atoms with Crippen molar-refractivity contribution in [2.75, 3.05) is 6.61 Å². The van der Waals surface area contributed by atoms with Crippen LogP contribution in [0.3, 0.4) is 0 Å². The van der Waals surface area contributed by atoms with E-state index in [9.17, 15) is 14.9 Å². The van der Waals surface area contributed by atoms with Crippen LogP contribution in [-0.2, 0) is 9.53 Å². The number of thiophene rings is 1. The number of nitro groups is 1. The van der Waals surface area contributed by atoms with E-state index in [1.54, 1.807) is 26.2 Å². The summed E-state index contributed by atoms with van der Waals surface area (Å²) in [4.78, 5) is 28.7. The van der Waals surface area contributed by atoms with Gasteiger partial charge in [0.2, 0.25) is 0 Å². The minimum Gasteiger partial charge on any atom is -0.462 e. The first-order valence-electron chi connectivity index (χ1n) is 8.91. The SMILES string of the molecule is CC1=C(C(=O)OCC(C)(C)C)C(c2csc3ccncc23)C([N+](=O)[O-])=C(C)N1. The van der Waals surface area contributed by atoms with Crippen molar-refractivity contribution in [1.29, 1.82) is 0 Å². The van der Waals surface area contributed by atoms with Gasteiger partial charge in [0, 0.05) is 28.2 Å². The number of carbonyl (C=O) groups is 1. The van der Waals surface area contributed by atoms with Gasteiger partial charge in [-0.2, -0.15) is 0 Å². The Morgan fingerprint density at radius 3 is 2.71 bits per heavy atom. The van der Waals surface area contributed by atoms with E-state index in [1.165, 1.54) is 11.3 Å². The quantitative estimate of drug-likeness (QED) is 0.465. The van der Waals surface area contributed by atoms with Crippen molar-refractivity contribution in [2.45, 2.75) is 40.5 Å². The van der Waals surface area contributed by atoms with Gasteiger partial charge in [0.05, 0.1) is 22.8 Å². The Bertz CT molecular complexity index is 1010. The van der Waals surface area contributed by atoms with Gasteiger partial charge >= 0.3 is 5.97 Å². The number of carbonyl (C=O) groups excluding carboxylic acids is 1. The highest BCUT2D eigenvalue weighted by molar-refractivity contribution is 7.17. The van der Waals surface area contributed by atoms with Crippen LogP contribution in [0.1, 0.15) is 46.1 Å². The number of hydrogen-bond donors (Lipinski definition) is 1. The number of nitrogens with one attached hydrogen (secondary N) is 1. The second kappa shape index (κ2) is 7.35. The van der Waals surface area contributed by atoms with E-state index in [1.807, 2.05) is 32.2 Å². The number of allylic oxidation sites excluding steroid dienone is 3. The molecule has 0 radical (unpaired) electrons. The zero-order valence-corrected chi connectivity index (χ0v) is 17.3. The molecule has 8 heteroatoms. The Labute approximate surface area is 167 Å². The summed E-state index contributed by atoms with van der Waals surface area (Å²) in [5.41, 5.74) is 1.70. The zero-order chi connectivity index (χ0) is 20.6. The monoisotopic (exact) mass is 401 g/mol. The number of ether oxygens (including phenoxy) is 1.